The molecule has 2 rings (SSSR count). The Bertz CT molecular complexity index is 515. The number of carboxylic acids is 1. The van der Waals surface area contributed by atoms with Gasteiger partial charge in [-0.3, -0.25) is 4.79 Å². The van der Waals surface area contributed by atoms with E-state index in [1.807, 2.05) is 6.92 Å². The maximum absolute atomic E-state index is 12.4. The summed E-state index contributed by atoms with van der Waals surface area (Å²) < 4.78 is 0. The highest BCUT2D eigenvalue weighted by atomic mass is 35.5. The highest BCUT2D eigenvalue weighted by molar-refractivity contribution is 6.33. The van der Waals surface area contributed by atoms with Gasteiger partial charge < -0.3 is 10.0 Å². The van der Waals surface area contributed by atoms with Gasteiger partial charge in [-0.25, -0.2) is 4.79 Å². The molecule has 1 saturated heterocycles. The van der Waals surface area contributed by atoms with Crippen molar-refractivity contribution >= 4 is 23.5 Å². The van der Waals surface area contributed by atoms with Crippen LogP contribution in [0.4, 0.5) is 0 Å². The number of nitrogens with zero attached hydrogens (tertiary/aromatic N) is 1. The Morgan fingerprint density at radius 1 is 1.37 bits per heavy atom. The summed E-state index contributed by atoms with van der Waals surface area (Å²) in [6, 6.07) is 4.44. The largest absolute Gasteiger partial charge is 0.480 e. The van der Waals surface area contributed by atoms with E-state index >= 15 is 0 Å². The van der Waals surface area contributed by atoms with E-state index in [2.05, 4.69) is 0 Å². The minimum Gasteiger partial charge on any atom is -0.480 e. The summed E-state index contributed by atoms with van der Waals surface area (Å²) in [7, 11) is 0. The summed E-state index contributed by atoms with van der Waals surface area (Å²) in [4.78, 5) is 25.1. The number of aryl methyl sites for hydroxylation is 1. The van der Waals surface area contributed by atoms with Crippen molar-refractivity contribution in [2.24, 2.45) is 0 Å². The van der Waals surface area contributed by atoms with E-state index in [-0.39, 0.29) is 5.91 Å². The maximum Gasteiger partial charge on any atom is 0.326 e. The van der Waals surface area contributed by atoms with E-state index in [0.717, 1.165) is 18.4 Å². The van der Waals surface area contributed by atoms with Gasteiger partial charge in [0, 0.05) is 6.54 Å². The Morgan fingerprint density at radius 2 is 2.11 bits per heavy atom. The number of hydrogen-bond acceptors (Lipinski definition) is 2. The predicted molar refractivity (Wildman–Crippen MR) is 72.5 cm³/mol. The van der Waals surface area contributed by atoms with Crippen molar-refractivity contribution in [3.05, 3.63) is 34.3 Å². The highest BCUT2D eigenvalue weighted by Gasteiger charge is 2.33. The fourth-order valence-electron chi connectivity index (χ4n) is 2.38. The summed E-state index contributed by atoms with van der Waals surface area (Å²) in [5, 5.41) is 9.57. The molecule has 1 heterocycles. The number of benzene rings is 1. The van der Waals surface area contributed by atoms with Crippen LogP contribution in [0.15, 0.2) is 18.2 Å². The van der Waals surface area contributed by atoms with E-state index in [0.29, 0.717) is 23.6 Å². The standard InChI is InChI=1S/C14H16ClNO3/c1-9-5-6-10(11(15)8-9)13(17)16-7-3-2-4-12(16)14(18)19/h5-6,8,12H,2-4,7H2,1H3,(H,18,19)/t12-/m0/s1. The van der Waals surface area contributed by atoms with Gasteiger partial charge >= 0.3 is 5.97 Å². The zero-order valence-corrected chi connectivity index (χ0v) is 11.5. The molecule has 0 saturated carbocycles. The quantitative estimate of drug-likeness (QED) is 0.907. The number of likely N-dealkylation sites (tertiary alicyclic amines) is 1. The van der Waals surface area contributed by atoms with Gasteiger partial charge in [0.25, 0.3) is 5.91 Å². The molecule has 0 aromatic heterocycles. The van der Waals surface area contributed by atoms with Gasteiger partial charge in [0.15, 0.2) is 0 Å². The number of carboxylic acid groups (broad SMARTS) is 1. The molecule has 0 spiro atoms. The molecular weight excluding hydrogens is 266 g/mol. The first kappa shape index (κ1) is 13.9. The Hall–Kier alpha value is -1.55. The van der Waals surface area contributed by atoms with E-state index in [1.165, 1.54) is 4.90 Å². The van der Waals surface area contributed by atoms with Crippen LogP contribution in [0.2, 0.25) is 5.02 Å². The van der Waals surface area contributed by atoms with Crippen molar-refractivity contribution in [3.8, 4) is 0 Å². The number of piperidine rings is 1. The van der Waals surface area contributed by atoms with Gasteiger partial charge in [-0.15, -0.1) is 0 Å². The number of carbonyl (C=O) groups is 2. The zero-order valence-electron chi connectivity index (χ0n) is 10.7. The van der Waals surface area contributed by atoms with Crippen molar-refractivity contribution in [2.45, 2.75) is 32.2 Å². The van der Waals surface area contributed by atoms with Gasteiger partial charge in [0.05, 0.1) is 10.6 Å². The fraction of sp³-hybridized carbons (Fsp3) is 0.429. The molecule has 1 fully saturated rings. The number of aliphatic carboxylic acids is 1. The molecule has 1 aliphatic rings. The molecule has 1 amide bonds. The van der Waals surface area contributed by atoms with E-state index < -0.39 is 12.0 Å². The molecule has 0 unspecified atom stereocenters. The molecule has 1 aliphatic heterocycles. The molecule has 0 bridgehead atoms. The normalized spacial score (nSPS) is 19.3. The van der Waals surface area contributed by atoms with Crippen molar-refractivity contribution in [3.63, 3.8) is 0 Å². The topological polar surface area (TPSA) is 57.6 Å². The summed E-state index contributed by atoms with van der Waals surface area (Å²) in [6.45, 7) is 2.36. The van der Waals surface area contributed by atoms with Crippen molar-refractivity contribution in [1.29, 1.82) is 0 Å². The maximum atomic E-state index is 12.4. The molecular formula is C14H16ClNO3. The molecule has 19 heavy (non-hydrogen) atoms. The van der Waals surface area contributed by atoms with Gasteiger partial charge in [0.1, 0.15) is 6.04 Å². The molecule has 4 nitrogen and oxygen atoms in total. The third-order valence-corrected chi connectivity index (χ3v) is 3.72. The molecule has 1 N–H and O–H groups in total. The Labute approximate surface area is 117 Å². The molecule has 102 valence electrons. The van der Waals surface area contributed by atoms with Crippen molar-refractivity contribution in [2.75, 3.05) is 6.54 Å². The lowest BCUT2D eigenvalue weighted by atomic mass is 10.0. The minimum atomic E-state index is -0.948. The molecule has 1 atom stereocenters. The SMILES string of the molecule is Cc1ccc(C(=O)N2CCCC[C@H]2C(=O)O)c(Cl)c1. The number of amides is 1. The van der Waals surface area contributed by atoms with Crippen molar-refractivity contribution < 1.29 is 14.7 Å². The van der Waals surface area contributed by atoms with Crippen LogP contribution in [0.3, 0.4) is 0 Å². The Morgan fingerprint density at radius 3 is 2.74 bits per heavy atom. The van der Waals surface area contributed by atoms with Crippen LogP contribution in [0.25, 0.3) is 0 Å². The van der Waals surface area contributed by atoms with Crippen LogP contribution in [0.1, 0.15) is 35.2 Å². The van der Waals surface area contributed by atoms with E-state index in [1.54, 1.807) is 18.2 Å². The van der Waals surface area contributed by atoms with Gasteiger partial charge in [-0.2, -0.15) is 0 Å². The number of rotatable bonds is 2. The van der Waals surface area contributed by atoms with E-state index in [4.69, 9.17) is 11.6 Å². The van der Waals surface area contributed by atoms with Crippen molar-refractivity contribution in [1.82, 2.24) is 4.90 Å². The summed E-state index contributed by atoms with van der Waals surface area (Å²) >= 11 is 6.08. The lowest BCUT2D eigenvalue weighted by molar-refractivity contribution is -0.143. The zero-order chi connectivity index (χ0) is 14.0. The number of carbonyl (C=O) groups excluding carboxylic acids is 1. The first-order valence-electron chi connectivity index (χ1n) is 6.30. The van der Waals surface area contributed by atoms with Crippen LogP contribution in [0.5, 0.6) is 0 Å². The molecule has 5 heteroatoms. The van der Waals surface area contributed by atoms with Gasteiger partial charge in [0.2, 0.25) is 0 Å². The lowest BCUT2D eigenvalue weighted by Gasteiger charge is -2.33. The van der Waals surface area contributed by atoms with Crippen LogP contribution in [0, 0.1) is 6.92 Å². The first-order chi connectivity index (χ1) is 9.00. The second kappa shape index (κ2) is 5.61. The molecule has 0 radical (unpaired) electrons. The monoisotopic (exact) mass is 281 g/mol. The Balaban J connectivity index is 2.28. The summed E-state index contributed by atoms with van der Waals surface area (Å²) in [5.41, 5.74) is 1.34. The average Bonchev–Trinajstić information content (AvgIpc) is 2.38. The summed E-state index contributed by atoms with van der Waals surface area (Å²) in [6.07, 6.45) is 2.17. The van der Waals surface area contributed by atoms with Crippen LogP contribution in [-0.4, -0.2) is 34.5 Å². The van der Waals surface area contributed by atoms with Crippen LogP contribution < -0.4 is 0 Å². The minimum absolute atomic E-state index is 0.294. The third-order valence-electron chi connectivity index (χ3n) is 3.40. The average molecular weight is 282 g/mol. The van der Waals surface area contributed by atoms with Crippen LogP contribution in [-0.2, 0) is 4.79 Å². The first-order valence-corrected chi connectivity index (χ1v) is 6.68. The van der Waals surface area contributed by atoms with Gasteiger partial charge in [-0.05, 0) is 43.9 Å². The second-order valence-corrected chi connectivity index (χ2v) is 5.24. The third kappa shape index (κ3) is 2.89. The Kier molecular flexibility index (Phi) is 4.10. The van der Waals surface area contributed by atoms with E-state index in [9.17, 15) is 14.7 Å². The summed E-state index contributed by atoms with van der Waals surface area (Å²) in [5.74, 6) is -1.24. The highest BCUT2D eigenvalue weighted by Crippen LogP contribution is 2.24. The molecule has 1 aromatic carbocycles. The molecule has 0 aliphatic carbocycles. The predicted octanol–water partition coefficient (Wildman–Crippen LogP) is 2.73. The fourth-order valence-corrected chi connectivity index (χ4v) is 2.70. The number of halogens is 1. The smallest absolute Gasteiger partial charge is 0.326 e. The second-order valence-electron chi connectivity index (χ2n) is 4.83. The van der Waals surface area contributed by atoms with Gasteiger partial charge in [-0.1, -0.05) is 17.7 Å². The van der Waals surface area contributed by atoms with Crippen LogP contribution >= 0.6 is 11.6 Å². The lowest BCUT2D eigenvalue weighted by Crippen LogP contribution is -2.48. The molecule has 1 aromatic rings. The number of hydrogen-bond donors (Lipinski definition) is 1.